The zero-order valence-electron chi connectivity index (χ0n) is 12.9. The predicted octanol–water partition coefficient (Wildman–Crippen LogP) is 2.72. The second kappa shape index (κ2) is 12.3. The van der Waals surface area contributed by atoms with Crippen molar-refractivity contribution in [3.05, 3.63) is 30.1 Å². The van der Waals surface area contributed by atoms with Crippen molar-refractivity contribution in [3.63, 3.8) is 0 Å². The average molecular weight is 446 g/mol. The topological polar surface area (TPSA) is 58.5 Å². The molecule has 0 fully saturated rings. The van der Waals surface area contributed by atoms with E-state index in [-0.39, 0.29) is 30.6 Å². The van der Waals surface area contributed by atoms with Crippen molar-refractivity contribution in [1.29, 1.82) is 0 Å². The summed E-state index contributed by atoms with van der Waals surface area (Å²) in [5, 5.41) is 6.10. The molecule has 0 radical (unpaired) electrons. The van der Waals surface area contributed by atoms with Crippen LogP contribution in [0, 0.1) is 0 Å². The Kier molecular flexibility index (Phi) is 11.7. The van der Waals surface area contributed by atoms with Crippen LogP contribution in [0.25, 0.3) is 0 Å². The highest BCUT2D eigenvalue weighted by Crippen LogP contribution is 2.14. The lowest BCUT2D eigenvalue weighted by Crippen LogP contribution is -2.38. The molecular weight excluding hydrogens is 424 g/mol. The fourth-order valence-corrected chi connectivity index (χ4v) is 1.56. The maximum atomic E-state index is 11.9. The van der Waals surface area contributed by atoms with Gasteiger partial charge < -0.3 is 15.4 Å². The van der Waals surface area contributed by atoms with E-state index in [1.54, 1.807) is 6.20 Å². The smallest absolute Gasteiger partial charge is 0.372 e. The molecule has 0 amide bonds. The standard InChI is InChI=1S/C14H21F3N4O.HI/c1-2-18-13(21-10-12-6-3-4-7-19-12)20-8-5-9-22-11-14(15,16)17;/h3-4,6-7H,2,5,8-11H2,1H3,(H2,18,20,21);1H. The minimum absolute atomic E-state index is 0. The lowest BCUT2D eigenvalue weighted by atomic mass is 10.3. The molecule has 0 atom stereocenters. The second-order valence-corrected chi connectivity index (χ2v) is 4.46. The molecule has 0 bridgehead atoms. The van der Waals surface area contributed by atoms with Gasteiger partial charge in [0.2, 0.25) is 0 Å². The van der Waals surface area contributed by atoms with Crippen LogP contribution in [0.1, 0.15) is 19.0 Å². The number of nitrogens with one attached hydrogen (secondary N) is 2. The van der Waals surface area contributed by atoms with Crippen molar-refractivity contribution in [2.24, 2.45) is 4.99 Å². The Morgan fingerprint density at radius 1 is 1.30 bits per heavy atom. The number of alkyl halides is 3. The van der Waals surface area contributed by atoms with Crippen molar-refractivity contribution >= 4 is 29.9 Å². The highest BCUT2D eigenvalue weighted by Gasteiger charge is 2.27. The molecule has 0 aliphatic heterocycles. The molecule has 0 saturated heterocycles. The van der Waals surface area contributed by atoms with Crippen molar-refractivity contribution < 1.29 is 17.9 Å². The lowest BCUT2D eigenvalue weighted by molar-refractivity contribution is -0.173. The van der Waals surface area contributed by atoms with Crippen LogP contribution >= 0.6 is 24.0 Å². The predicted molar refractivity (Wildman–Crippen MR) is 94.0 cm³/mol. The second-order valence-electron chi connectivity index (χ2n) is 4.46. The Labute approximate surface area is 151 Å². The van der Waals surface area contributed by atoms with Gasteiger partial charge in [0.05, 0.1) is 12.2 Å². The van der Waals surface area contributed by atoms with E-state index < -0.39 is 12.8 Å². The van der Waals surface area contributed by atoms with E-state index in [9.17, 15) is 13.2 Å². The first-order valence-electron chi connectivity index (χ1n) is 7.08. The van der Waals surface area contributed by atoms with Gasteiger partial charge in [-0.3, -0.25) is 4.98 Å². The molecule has 0 spiro atoms. The van der Waals surface area contributed by atoms with Crippen LogP contribution < -0.4 is 10.6 Å². The monoisotopic (exact) mass is 446 g/mol. The Balaban J connectivity index is 0.00000484. The molecule has 1 aromatic heterocycles. The third-order valence-corrected chi connectivity index (χ3v) is 2.49. The SMILES string of the molecule is CCNC(=NCc1ccccn1)NCCCOCC(F)(F)F.I. The summed E-state index contributed by atoms with van der Waals surface area (Å²) in [6, 6.07) is 5.59. The highest BCUT2D eigenvalue weighted by atomic mass is 127. The van der Waals surface area contributed by atoms with Crippen molar-refractivity contribution in [2.45, 2.75) is 26.1 Å². The minimum Gasteiger partial charge on any atom is -0.372 e. The van der Waals surface area contributed by atoms with E-state index in [1.165, 1.54) is 0 Å². The number of halogens is 4. The molecule has 1 aromatic rings. The van der Waals surface area contributed by atoms with E-state index in [2.05, 4.69) is 25.3 Å². The van der Waals surface area contributed by atoms with Crippen LogP contribution in [0.2, 0.25) is 0 Å². The molecule has 132 valence electrons. The fraction of sp³-hybridized carbons (Fsp3) is 0.571. The quantitative estimate of drug-likeness (QED) is 0.279. The van der Waals surface area contributed by atoms with Gasteiger partial charge in [0, 0.05) is 25.9 Å². The number of aliphatic imine (C=N–C) groups is 1. The van der Waals surface area contributed by atoms with Gasteiger partial charge in [0.1, 0.15) is 6.61 Å². The number of pyridine rings is 1. The van der Waals surface area contributed by atoms with E-state index in [4.69, 9.17) is 0 Å². The lowest BCUT2D eigenvalue weighted by Gasteiger charge is -2.11. The summed E-state index contributed by atoms with van der Waals surface area (Å²) < 4.78 is 40.2. The van der Waals surface area contributed by atoms with E-state index in [1.807, 2.05) is 25.1 Å². The Morgan fingerprint density at radius 2 is 2.09 bits per heavy atom. The molecule has 9 heteroatoms. The van der Waals surface area contributed by atoms with Gasteiger partial charge in [-0.05, 0) is 25.5 Å². The van der Waals surface area contributed by atoms with Crippen molar-refractivity contribution in [2.75, 3.05) is 26.3 Å². The Hall–Kier alpha value is -1.10. The zero-order chi connectivity index (χ0) is 16.3. The molecule has 0 aliphatic carbocycles. The first-order valence-corrected chi connectivity index (χ1v) is 7.08. The van der Waals surface area contributed by atoms with Gasteiger partial charge in [-0.15, -0.1) is 24.0 Å². The van der Waals surface area contributed by atoms with Crippen LogP contribution in [0.3, 0.4) is 0 Å². The van der Waals surface area contributed by atoms with Crippen molar-refractivity contribution in [1.82, 2.24) is 15.6 Å². The number of rotatable bonds is 8. The summed E-state index contributed by atoms with van der Waals surface area (Å²) in [5.74, 6) is 0.601. The van der Waals surface area contributed by atoms with Gasteiger partial charge in [-0.25, -0.2) is 4.99 Å². The van der Waals surface area contributed by atoms with Crippen LogP contribution in [0.15, 0.2) is 29.4 Å². The van der Waals surface area contributed by atoms with E-state index in [0.29, 0.717) is 32.0 Å². The number of guanidine groups is 1. The number of hydrogen-bond acceptors (Lipinski definition) is 3. The van der Waals surface area contributed by atoms with Crippen LogP contribution in [-0.4, -0.2) is 43.4 Å². The molecule has 1 heterocycles. The summed E-state index contributed by atoms with van der Waals surface area (Å²) in [6.45, 7) is 2.38. The molecular formula is C14H22F3IN4O. The Bertz CT molecular complexity index is 443. The zero-order valence-corrected chi connectivity index (χ0v) is 15.2. The summed E-state index contributed by atoms with van der Waals surface area (Å²) in [7, 11) is 0. The number of aromatic nitrogens is 1. The molecule has 0 aliphatic rings. The molecule has 23 heavy (non-hydrogen) atoms. The molecule has 1 rings (SSSR count). The summed E-state index contributed by atoms with van der Waals surface area (Å²) >= 11 is 0. The Morgan fingerprint density at radius 3 is 2.70 bits per heavy atom. The average Bonchev–Trinajstić information content (AvgIpc) is 2.48. The maximum Gasteiger partial charge on any atom is 0.411 e. The number of ether oxygens (including phenoxy) is 1. The summed E-state index contributed by atoms with van der Waals surface area (Å²) in [6.07, 6.45) is -2.11. The molecule has 0 unspecified atom stereocenters. The number of nitrogens with zero attached hydrogens (tertiary/aromatic N) is 2. The third kappa shape index (κ3) is 12.0. The largest absolute Gasteiger partial charge is 0.411 e. The maximum absolute atomic E-state index is 11.9. The van der Waals surface area contributed by atoms with Crippen LogP contribution in [0.4, 0.5) is 13.2 Å². The van der Waals surface area contributed by atoms with Gasteiger partial charge in [-0.2, -0.15) is 13.2 Å². The van der Waals surface area contributed by atoms with Gasteiger partial charge in [0.25, 0.3) is 0 Å². The summed E-state index contributed by atoms with van der Waals surface area (Å²) in [5.41, 5.74) is 0.841. The molecule has 2 N–H and O–H groups in total. The van der Waals surface area contributed by atoms with Crippen LogP contribution in [-0.2, 0) is 11.3 Å². The molecule has 5 nitrogen and oxygen atoms in total. The highest BCUT2D eigenvalue weighted by molar-refractivity contribution is 14.0. The molecule has 0 aromatic carbocycles. The third-order valence-electron chi connectivity index (χ3n) is 2.49. The van der Waals surface area contributed by atoms with E-state index >= 15 is 0 Å². The summed E-state index contributed by atoms with van der Waals surface area (Å²) in [4.78, 5) is 8.52. The molecule has 0 saturated carbocycles. The van der Waals surface area contributed by atoms with Gasteiger partial charge >= 0.3 is 6.18 Å². The van der Waals surface area contributed by atoms with Gasteiger partial charge in [0.15, 0.2) is 5.96 Å². The fourth-order valence-electron chi connectivity index (χ4n) is 1.56. The number of hydrogen-bond donors (Lipinski definition) is 2. The van der Waals surface area contributed by atoms with Gasteiger partial charge in [-0.1, -0.05) is 6.07 Å². The van der Waals surface area contributed by atoms with Crippen molar-refractivity contribution in [3.8, 4) is 0 Å². The van der Waals surface area contributed by atoms with E-state index in [0.717, 1.165) is 5.69 Å². The minimum atomic E-state index is -4.27. The first-order chi connectivity index (χ1) is 10.5. The first kappa shape index (κ1) is 21.9. The normalized spacial score (nSPS) is 11.7. The van der Waals surface area contributed by atoms with Crippen LogP contribution in [0.5, 0.6) is 0 Å².